The predicted octanol–water partition coefficient (Wildman–Crippen LogP) is 14.0. The molecule has 0 bridgehead atoms. The molecule has 3 heteroatoms. The molecule has 1 unspecified atom stereocenters. The van der Waals surface area contributed by atoms with Crippen LogP contribution in [0.4, 0.5) is 17.1 Å². The van der Waals surface area contributed by atoms with Crippen molar-refractivity contribution in [2.45, 2.75) is 13.3 Å². The van der Waals surface area contributed by atoms with Crippen LogP contribution in [0.15, 0.2) is 180 Å². The van der Waals surface area contributed by atoms with Crippen molar-refractivity contribution in [3.63, 3.8) is 0 Å². The maximum Gasteiger partial charge on any atom is 0.136 e. The molecule has 0 saturated carbocycles. The zero-order valence-corrected chi connectivity index (χ0v) is 31.8. The van der Waals surface area contributed by atoms with Gasteiger partial charge in [-0.05, 0) is 105 Å². The molecule has 266 valence electrons. The molecule has 0 spiro atoms. The Bertz CT molecular complexity index is 3230. The van der Waals surface area contributed by atoms with E-state index in [2.05, 4.69) is 188 Å². The number of hydrogen-bond acceptors (Lipinski definition) is 3. The third kappa shape index (κ3) is 5.46. The Morgan fingerprint density at radius 1 is 0.536 bits per heavy atom. The lowest BCUT2D eigenvalue weighted by Crippen LogP contribution is -2.23. The number of fused-ring (bicyclic) bond motifs is 8. The molecule has 11 rings (SSSR count). The van der Waals surface area contributed by atoms with Crippen molar-refractivity contribution in [2.75, 3.05) is 4.90 Å². The summed E-state index contributed by atoms with van der Waals surface area (Å²) in [6.45, 7) is 2.31. The van der Waals surface area contributed by atoms with Gasteiger partial charge in [0.1, 0.15) is 11.2 Å². The Balaban J connectivity index is 1.02. The second-order valence-electron chi connectivity index (χ2n) is 14.9. The summed E-state index contributed by atoms with van der Waals surface area (Å²) in [7, 11) is 0. The minimum atomic E-state index is 0.582. The topological polar surface area (TPSA) is 16.4 Å². The highest BCUT2D eigenvalue weighted by Gasteiger charge is 2.19. The summed E-state index contributed by atoms with van der Waals surface area (Å²) in [5.74, 6) is 0.582. The molecule has 2 heterocycles. The molecule has 1 atom stereocenters. The molecule has 0 amide bonds. The lowest BCUT2D eigenvalue weighted by Gasteiger charge is -2.28. The van der Waals surface area contributed by atoms with Crippen molar-refractivity contribution in [3.05, 3.63) is 186 Å². The van der Waals surface area contributed by atoms with Gasteiger partial charge in [0.05, 0.1) is 5.69 Å². The van der Waals surface area contributed by atoms with Crippen molar-refractivity contribution in [2.24, 2.45) is 5.92 Å². The van der Waals surface area contributed by atoms with E-state index >= 15 is 0 Å². The molecule has 1 aliphatic carbocycles. The van der Waals surface area contributed by atoms with Gasteiger partial charge in [0.25, 0.3) is 0 Å². The lowest BCUT2D eigenvalue weighted by molar-refractivity contribution is 0.669. The highest BCUT2D eigenvalue weighted by atomic mass is 32.1. The maximum absolute atomic E-state index is 6.24. The van der Waals surface area contributed by atoms with Gasteiger partial charge in [-0.15, -0.1) is 11.3 Å². The van der Waals surface area contributed by atoms with Crippen molar-refractivity contribution < 1.29 is 4.42 Å². The third-order valence-electron chi connectivity index (χ3n) is 11.4. The number of hydrogen-bond donors (Lipinski definition) is 0. The van der Waals surface area contributed by atoms with Crippen LogP contribution in [0.2, 0.25) is 0 Å². The zero-order valence-electron chi connectivity index (χ0n) is 30.9. The molecule has 0 aliphatic heterocycles. The minimum Gasteiger partial charge on any atom is -0.456 e. The SMILES string of the molecule is CC1C=c2sc3c(-c4ccc(N(c5ccc(-c6ccc7ccc8oc9ccccc9c8c7c6)cc5)c5ccccc5-c5ccccc5)cc4)cccc3c2=CC1. The van der Waals surface area contributed by atoms with Gasteiger partial charge < -0.3 is 9.32 Å². The quantitative estimate of drug-likeness (QED) is 0.169. The standard InChI is InChI=1S/C53H37NOS/c1-34-18-30-44-45-15-9-14-43(53(45)56-51(44)32-34)37-23-28-41(29-24-37)54(48-16-7-5-12-42(48)36-10-3-2-4-11-36)40-26-21-35(22-27-40)39-20-19-38-25-31-50-52(47(38)33-39)46-13-6-8-17-49(46)55-50/h2-17,19-34H,18H2,1H3. The minimum absolute atomic E-state index is 0.582. The van der Waals surface area contributed by atoms with Crippen molar-refractivity contribution in [3.8, 4) is 33.4 Å². The van der Waals surface area contributed by atoms with Gasteiger partial charge >= 0.3 is 0 Å². The first-order chi connectivity index (χ1) is 27.7. The summed E-state index contributed by atoms with van der Waals surface area (Å²) in [5.41, 5.74) is 12.4. The first-order valence-corrected chi connectivity index (χ1v) is 20.2. The fourth-order valence-corrected chi connectivity index (χ4v) is 10.0. The van der Waals surface area contributed by atoms with Crippen LogP contribution < -0.4 is 14.7 Å². The van der Waals surface area contributed by atoms with Crippen LogP contribution >= 0.6 is 11.3 Å². The highest BCUT2D eigenvalue weighted by Crippen LogP contribution is 2.43. The van der Waals surface area contributed by atoms with Crippen molar-refractivity contribution in [1.82, 2.24) is 0 Å². The van der Waals surface area contributed by atoms with Crippen LogP contribution in [0.3, 0.4) is 0 Å². The summed E-state index contributed by atoms with van der Waals surface area (Å²) in [6, 6.07) is 63.7. The smallest absolute Gasteiger partial charge is 0.136 e. The molecule has 8 aromatic carbocycles. The van der Waals surface area contributed by atoms with E-state index in [1.807, 2.05) is 23.5 Å². The third-order valence-corrected chi connectivity index (χ3v) is 12.6. The highest BCUT2D eigenvalue weighted by molar-refractivity contribution is 7.17. The number of rotatable bonds is 6. The Morgan fingerprint density at radius 2 is 1.20 bits per heavy atom. The second-order valence-corrected chi connectivity index (χ2v) is 16.0. The monoisotopic (exact) mass is 735 g/mol. The largest absolute Gasteiger partial charge is 0.456 e. The van der Waals surface area contributed by atoms with E-state index in [-0.39, 0.29) is 0 Å². The molecular weight excluding hydrogens is 699 g/mol. The molecule has 10 aromatic rings. The fraction of sp³-hybridized carbons (Fsp3) is 0.0566. The number of para-hydroxylation sites is 2. The summed E-state index contributed by atoms with van der Waals surface area (Å²) in [6.07, 6.45) is 5.98. The van der Waals surface area contributed by atoms with Gasteiger partial charge in [-0.2, -0.15) is 0 Å². The average Bonchev–Trinajstić information content (AvgIpc) is 3.83. The molecule has 1 aliphatic rings. The van der Waals surface area contributed by atoms with Gasteiger partial charge in [0.15, 0.2) is 0 Å². The Labute approximate surface area is 329 Å². The molecule has 2 aromatic heterocycles. The molecular formula is C53H37NOS. The average molecular weight is 736 g/mol. The van der Waals surface area contributed by atoms with E-state index in [9.17, 15) is 0 Å². The predicted molar refractivity (Wildman–Crippen MR) is 240 cm³/mol. The molecule has 0 radical (unpaired) electrons. The van der Waals surface area contributed by atoms with Gasteiger partial charge in [0.2, 0.25) is 0 Å². The van der Waals surface area contributed by atoms with Crippen LogP contribution in [0.1, 0.15) is 13.3 Å². The van der Waals surface area contributed by atoms with E-state index in [4.69, 9.17) is 4.42 Å². The van der Waals surface area contributed by atoms with Gasteiger partial charge in [-0.1, -0.05) is 146 Å². The van der Waals surface area contributed by atoms with E-state index < -0.39 is 0 Å². The zero-order chi connectivity index (χ0) is 37.2. The Kier molecular flexibility index (Phi) is 7.75. The van der Waals surface area contributed by atoms with Crippen LogP contribution in [0, 0.1) is 5.92 Å². The van der Waals surface area contributed by atoms with Crippen molar-refractivity contribution >= 4 is 83.3 Å². The van der Waals surface area contributed by atoms with E-state index in [0.29, 0.717) is 5.92 Å². The molecule has 0 fully saturated rings. The number of thiophene rings is 1. The van der Waals surface area contributed by atoms with E-state index in [1.54, 1.807) is 0 Å². The normalized spacial score (nSPS) is 13.8. The number of benzene rings is 8. The van der Waals surface area contributed by atoms with Crippen LogP contribution in [0.25, 0.3) is 88.3 Å². The van der Waals surface area contributed by atoms with Gasteiger partial charge in [0, 0.05) is 42.3 Å². The lowest BCUT2D eigenvalue weighted by atomic mass is 9.97. The van der Waals surface area contributed by atoms with Gasteiger partial charge in [-0.25, -0.2) is 0 Å². The first kappa shape index (κ1) is 32.7. The van der Waals surface area contributed by atoms with E-state index in [1.165, 1.54) is 69.4 Å². The van der Waals surface area contributed by atoms with Crippen LogP contribution in [-0.2, 0) is 0 Å². The summed E-state index contributed by atoms with van der Waals surface area (Å²) in [5, 5.41) is 7.50. The molecule has 0 N–H and O–H groups in total. The molecule has 0 saturated heterocycles. The van der Waals surface area contributed by atoms with Crippen LogP contribution in [0.5, 0.6) is 0 Å². The van der Waals surface area contributed by atoms with Gasteiger partial charge in [-0.3, -0.25) is 0 Å². The Hall–Kier alpha value is -6.68. The van der Waals surface area contributed by atoms with E-state index in [0.717, 1.165) is 40.0 Å². The molecule has 2 nitrogen and oxygen atoms in total. The number of anilines is 3. The number of furan rings is 1. The summed E-state index contributed by atoms with van der Waals surface area (Å²) < 4.78 is 9.01. The fourth-order valence-electron chi connectivity index (χ4n) is 8.62. The van der Waals surface area contributed by atoms with Crippen molar-refractivity contribution in [1.29, 1.82) is 0 Å². The maximum atomic E-state index is 6.24. The van der Waals surface area contributed by atoms with Crippen LogP contribution in [-0.4, -0.2) is 0 Å². The second kappa shape index (κ2) is 13.3. The summed E-state index contributed by atoms with van der Waals surface area (Å²) >= 11 is 1.93. The first-order valence-electron chi connectivity index (χ1n) is 19.4. The number of nitrogens with zero attached hydrogens (tertiary/aromatic N) is 1. The molecule has 56 heavy (non-hydrogen) atoms. The summed E-state index contributed by atoms with van der Waals surface area (Å²) in [4.78, 5) is 2.40. The Morgan fingerprint density at radius 3 is 2.04 bits per heavy atom.